The number of hydrogen-bond acceptors (Lipinski definition) is 4. The minimum Gasteiger partial charge on any atom is -0.490 e. The maximum atomic E-state index is 13.1. The quantitative estimate of drug-likeness (QED) is 0.789. The van der Waals surface area contributed by atoms with Crippen LogP contribution in [0.25, 0.3) is 10.9 Å². The van der Waals surface area contributed by atoms with Crippen molar-refractivity contribution in [2.45, 2.75) is 52.5 Å². The zero-order valence-electron chi connectivity index (χ0n) is 15.1. The van der Waals surface area contributed by atoms with Gasteiger partial charge in [0.1, 0.15) is 0 Å². The van der Waals surface area contributed by atoms with E-state index in [-0.39, 0.29) is 11.6 Å². The molecule has 1 saturated carbocycles. The molecule has 1 aliphatic carbocycles. The number of fused-ring (bicyclic) bond motifs is 1. The van der Waals surface area contributed by atoms with Crippen molar-refractivity contribution in [3.8, 4) is 11.5 Å². The summed E-state index contributed by atoms with van der Waals surface area (Å²) in [6.07, 6.45) is 4.27. The van der Waals surface area contributed by atoms with Gasteiger partial charge in [0, 0.05) is 12.1 Å². The third-order valence-electron chi connectivity index (χ3n) is 4.94. The molecule has 0 spiro atoms. The van der Waals surface area contributed by atoms with Crippen LogP contribution in [0.4, 0.5) is 0 Å². The number of nitrogens with zero attached hydrogens (tertiary/aromatic N) is 1. The summed E-state index contributed by atoms with van der Waals surface area (Å²) < 4.78 is 13.6. The zero-order valence-corrected chi connectivity index (χ0v) is 15.9. The van der Waals surface area contributed by atoms with Crippen molar-refractivity contribution in [1.82, 2.24) is 9.55 Å². The van der Waals surface area contributed by atoms with Crippen LogP contribution in [0.2, 0.25) is 0 Å². The van der Waals surface area contributed by atoms with E-state index >= 15 is 0 Å². The average molecular weight is 362 g/mol. The number of benzene rings is 1. The van der Waals surface area contributed by atoms with Crippen LogP contribution >= 0.6 is 12.2 Å². The highest BCUT2D eigenvalue weighted by Crippen LogP contribution is 2.33. The topological polar surface area (TPSA) is 56.2 Å². The lowest BCUT2D eigenvalue weighted by molar-refractivity contribution is 0.282. The smallest absolute Gasteiger partial charge is 0.262 e. The van der Waals surface area contributed by atoms with E-state index in [1.165, 1.54) is 0 Å². The third kappa shape index (κ3) is 3.59. The van der Waals surface area contributed by atoms with Crippen LogP contribution in [0.5, 0.6) is 11.5 Å². The van der Waals surface area contributed by atoms with Crippen molar-refractivity contribution >= 4 is 23.1 Å². The van der Waals surface area contributed by atoms with Gasteiger partial charge in [0.05, 0.1) is 24.1 Å². The van der Waals surface area contributed by atoms with E-state index in [1.54, 1.807) is 10.6 Å². The number of H-pyrrole nitrogens is 1. The van der Waals surface area contributed by atoms with Crippen molar-refractivity contribution < 1.29 is 9.47 Å². The first kappa shape index (κ1) is 18.0. The van der Waals surface area contributed by atoms with E-state index in [0.717, 1.165) is 31.6 Å². The molecule has 6 heteroatoms. The van der Waals surface area contributed by atoms with Crippen LogP contribution in [0.15, 0.2) is 16.9 Å². The van der Waals surface area contributed by atoms with Crippen molar-refractivity contribution in [1.29, 1.82) is 0 Å². The number of ether oxygens (including phenoxy) is 2. The van der Waals surface area contributed by atoms with Crippen molar-refractivity contribution in [2.75, 3.05) is 13.2 Å². The first-order valence-electron chi connectivity index (χ1n) is 9.13. The molecule has 0 amide bonds. The molecule has 1 aliphatic rings. The van der Waals surface area contributed by atoms with Gasteiger partial charge in [0.2, 0.25) is 0 Å². The van der Waals surface area contributed by atoms with Crippen molar-refractivity contribution in [2.24, 2.45) is 5.92 Å². The SMILES string of the molecule is CCOc1cc2[nH]c(=S)n(C3CCC(C)CC3)c(=O)c2cc1OCC. The molecule has 1 aromatic heterocycles. The van der Waals surface area contributed by atoms with Gasteiger partial charge in [-0.2, -0.15) is 0 Å². The van der Waals surface area contributed by atoms with E-state index in [4.69, 9.17) is 21.7 Å². The summed E-state index contributed by atoms with van der Waals surface area (Å²) in [5.74, 6) is 1.96. The Morgan fingerprint density at radius 1 is 1.12 bits per heavy atom. The monoisotopic (exact) mass is 362 g/mol. The molecule has 0 aliphatic heterocycles. The molecule has 1 N–H and O–H groups in total. The van der Waals surface area contributed by atoms with Gasteiger partial charge in [-0.1, -0.05) is 6.92 Å². The summed E-state index contributed by atoms with van der Waals surface area (Å²) in [5.41, 5.74) is 0.657. The molecule has 0 bridgehead atoms. The highest BCUT2D eigenvalue weighted by atomic mass is 32.1. The Balaban J connectivity index is 2.13. The fourth-order valence-corrected chi connectivity index (χ4v) is 3.95. The number of aromatic amines is 1. The molecule has 1 aromatic carbocycles. The fourth-order valence-electron chi connectivity index (χ4n) is 3.61. The lowest BCUT2D eigenvalue weighted by atomic mass is 9.87. The van der Waals surface area contributed by atoms with Crippen LogP contribution in [0, 0.1) is 10.7 Å². The summed E-state index contributed by atoms with van der Waals surface area (Å²) in [4.78, 5) is 16.4. The maximum Gasteiger partial charge on any atom is 0.262 e. The highest BCUT2D eigenvalue weighted by molar-refractivity contribution is 7.71. The fraction of sp³-hybridized carbons (Fsp3) is 0.579. The Morgan fingerprint density at radius 2 is 1.72 bits per heavy atom. The van der Waals surface area contributed by atoms with Gasteiger partial charge in [-0.3, -0.25) is 9.36 Å². The van der Waals surface area contributed by atoms with Crippen molar-refractivity contribution in [3.05, 3.63) is 27.3 Å². The Kier molecular flexibility index (Phi) is 5.47. The van der Waals surface area contributed by atoms with Gasteiger partial charge in [0.15, 0.2) is 16.3 Å². The molecule has 0 saturated heterocycles. The number of rotatable bonds is 5. The van der Waals surface area contributed by atoms with E-state index in [0.29, 0.717) is 40.4 Å². The average Bonchev–Trinajstić information content (AvgIpc) is 2.58. The van der Waals surface area contributed by atoms with Gasteiger partial charge in [0.25, 0.3) is 5.56 Å². The largest absolute Gasteiger partial charge is 0.490 e. The van der Waals surface area contributed by atoms with Crippen LogP contribution < -0.4 is 15.0 Å². The molecule has 0 radical (unpaired) electrons. The summed E-state index contributed by atoms with van der Waals surface area (Å²) in [6, 6.07) is 3.77. The second-order valence-corrected chi connectivity index (χ2v) is 7.12. The lowest BCUT2D eigenvalue weighted by Crippen LogP contribution is -2.29. The minimum atomic E-state index is -0.0395. The highest BCUT2D eigenvalue weighted by Gasteiger charge is 2.22. The zero-order chi connectivity index (χ0) is 18.0. The standard InChI is InChI=1S/C19H26N2O3S/c1-4-23-16-10-14-15(11-17(16)24-5-2)20-19(25)21(18(14)22)13-8-6-12(3)7-9-13/h10-13H,4-9H2,1-3H3,(H,20,25). The van der Waals surface area contributed by atoms with Gasteiger partial charge in [-0.05, 0) is 63.7 Å². The Hall–Kier alpha value is -1.82. The molecule has 1 fully saturated rings. The summed E-state index contributed by atoms with van der Waals surface area (Å²) in [6.45, 7) is 7.15. The Morgan fingerprint density at radius 3 is 2.32 bits per heavy atom. The minimum absolute atomic E-state index is 0.0395. The lowest BCUT2D eigenvalue weighted by Gasteiger charge is -2.28. The van der Waals surface area contributed by atoms with Crippen LogP contribution in [0.1, 0.15) is 52.5 Å². The Labute approximate surface area is 153 Å². The number of nitrogens with one attached hydrogen (secondary N) is 1. The normalized spacial score (nSPS) is 20.6. The predicted octanol–water partition coefficient (Wildman–Crippen LogP) is 4.61. The van der Waals surface area contributed by atoms with Crippen LogP contribution in [0.3, 0.4) is 0 Å². The van der Waals surface area contributed by atoms with E-state index < -0.39 is 0 Å². The number of hydrogen-bond donors (Lipinski definition) is 1. The molecule has 5 nitrogen and oxygen atoms in total. The molecular weight excluding hydrogens is 336 g/mol. The predicted molar refractivity (Wildman–Crippen MR) is 102 cm³/mol. The molecule has 2 aromatic rings. The van der Waals surface area contributed by atoms with E-state index in [2.05, 4.69) is 11.9 Å². The second-order valence-electron chi connectivity index (χ2n) is 6.73. The van der Waals surface area contributed by atoms with Gasteiger partial charge >= 0.3 is 0 Å². The molecule has 25 heavy (non-hydrogen) atoms. The van der Waals surface area contributed by atoms with E-state index in [1.807, 2.05) is 19.9 Å². The van der Waals surface area contributed by atoms with Gasteiger partial charge in [-0.25, -0.2) is 0 Å². The van der Waals surface area contributed by atoms with Crippen molar-refractivity contribution in [3.63, 3.8) is 0 Å². The molecular formula is C19H26N2O3S. The van der Waals surface area contributed by atoms with Gasteiger partial charge in [-0.15, -0.1) is 0 Å². The number of aromatic nitrogens is 2. The summed E-state index contributed by atoms with van der Waals surface area (Å²) >= 11 is 5.50. The first-order chi connectivity index (χ1) is 12.0. The molecule has 0 unspecified atom stereocenters. The Bertz CT molecular complexity index is 863. The molecule has 136 valence electrons. The van der Waals surface area contributed by atoms with Gasteiger partial charge < -0.3 is 14.5 Å². The molecule has 3 rings (SSSR count). The second kappa shape index (κ2) is 7.60. The summed E-state index contributed by atoms with van der Waals surface area (Å²) in [7, 11) is 0. The van der Waals surface area contributed by atoms with Crippen LogP contribution in [-0.2, 0) is 0 Å². The summed E-state index contributed by atoms with van der Waals surface area (Å²) in [5, 5.41) is 0.596. The third-order valence-corrected chi connectivity index (χ3v) is 5.24. The molecule has 1 heterocycles. The van der Waals surface area contributed by atoms with Crippen LogP contribution in [-0.4, -0.2) is 22.8 Å². The maximum absolute atomic E-state index is 13.1. The van der Waals surface area contributed by atoms with E-state index in [9.17, 15) is 4.79 Å². The molecule has 0 atom stereocenters. The first-order valence-corrected chi connectivity index (χ1v) is 9.54.